The average Bonchev–Trinajstić information content (AvgIpc) is 2.30. The standard InChI is InChI=1S/C14H19FN2O3/c1-14(2,3)17(8-7-11(18)19)13(20)9-5-4-6-10(15)12(9)16/h4-6H,7-8,16H2,1-3H3,(H,18,19). The van der Waals surface area contributed by atoms with Gasteiger partial charge in [0.15, 0.2) is 0 Å². The molecule has 0 atom stereocenters. The van der Waals surface area contributed by atoms with E-state index in [0.717, 1.165) is 0 Å². The third-order valence-electron chi connectivity index (χ3n) is 2.89. The van der Waals surface area contributed by atoms with Crippen LogP contribution in [0.3, 0.4) is 0 Å². The maximum atomic E-state index is 13.4. The van der Waals surface area contributed by atoms with Crippen LogP contribution >= 0.6 is 0 Å². The third-order valence-corrected chi connectivity index (χ3v) is 2.89. The molecule has 1 amide bonds. The van der Waals surface area contributed by atoms with Gasteiger partial charge >= 0.3 is 5.97 Å². The van der Waals surface area contributed by atoms with Crippen LogP contribution in [-0.2, 0) is 4.79 Å². The van der Waals surface area contributed by atoms with E-state index in [1.54, 1.807) is 20.8 Å². The monoisotopic (exact) mass is 282 g/mol. The van der Waals surface area contributed by atoms with E-state index in [9.17, 15) is 14.0 Å². The van der Waals surface area contributed by atoms with Crippen LogP contribution in [0, 0.1) is 5.82 Å². The Bertz CT molecular complexity index is 524. The number of aliphatic carboxylic acids is 1. The summed E-state index contributed by atoms with van der Waals surface area (Å²) in [7, 11) is 0. The number of carbonyl (C=O) groups excluding carboxylic acids is 1. The fraction of sp³-hybridized carbons (Fsp3) is 0.429. The Morgan fingerprint density at radius 2 is 1.95 bits per heavy atom. The predicted molar refractivity (Wildman–Crippen MR) is 73.9 cm³/mol. The molecule has 0 aromatic heterocycles. The van der Waals surface area contributed by atoms with Crippen LogP contribution in [0.15, 0.2) is 18.2 Å². The lowest BCUT2D eigenvalue weighted by molar-refractivity contribution is -0.137. The molecular weight excluding hydrogens is 263 g/mol. The molecule has 20 heavy (non-hydrogen) atoms. The molecule has 0 aliphatic heterocycles. The smallest absolute Gasteiger partial charge is 0.305 e. The molecule has 0 aliphatic rings. The molecule has 0 radical (unpaired) electrons. The summed E-state index contributed by atoms with van der Waals surface area (Å²) in [5.41, 5.74) is 4.82. The number of nitrogens with two attached hydrogens (primary N) is 1. The summed E-state index contributed by atoms with van der Waals surface area (Å²) >= 11 is 0. The number of amides is 1. The second-order valence-electron chi connectivity index (χ2n) is 5.47. The van der Waals surface area contributed by atoms with Gasteiger partial charge in [0.25, 0.3) is 5.91 Å². The zero-order chi connectivity index (χ0) is 15.5. The molecule has 5 nitrogen and oxygen atoms in total. The third kappa shape index (κ3) is 3.69. The van der Waals surface area contributed by atoms with Crippen LogP contribution in [0.25, 0.3) is 0 Å². The van der Waals surface area contributed by atoms with E-state index >= 15 is 0 Å². The van der Waals surface area contributed by atoms with Gasteiger partial charge in [0, 0.05) is 12.1 Å². The number of para-hydroxylation sites is 1. The average molecular weight is 282 g/mol. The van der Waals surface area contributed by atoms with Gasteiger partial charge < -0.3 is 15.7 Å². The topological polar surface area (TPSA) is 83.6 Å². The van der Waals surface area contributed by atoms with Crippen LogP contribution in [0.5, 0.6) is 0 Å². The molecule has 0 aliphatic carbocycles. The van der Waals surface area contributed by atoms with E-state index in [4.69, 9.17) is 10.8 Å². The van der Waals surface area contributed by atoms with Crippen molar-refractivity contribution in [1.29, 1.82) is 0 Å². The normalized spacial score (nSPS) is 11.2. The number of halogens is 1. The molecule has 1 aromatic carbocycles. The number of carboxylic acids is 1. The lowest BCUT2D eigenvalue weighted by atomic mass is 10.0. The summed E-state index contributed by atoms with van der Waals surface area (Å²) in [6.45, 7) is 5.38. The minimum absolute atomic E-state index is 0.0353. The van der Waals surface area contributed by atoms with Gasteiger partial charge in [0.05, 0.1) is 17.7 Å². The van der Waals surface area contributed by atoms with Crippen molar-refractivity contribution in [1.82, 2.24) is 4.90 Å². The maximum absolute atomic E-state index is 13.4. The zero-order valence-electron chi connectivity index (χ0n) is 11.8. The van der Waals surface area contributed by atoms with Gasteiger partial charge in [0.1, 0.15) is 5.82 Å². The largest absolute Gasteiger partial charge is 0.481 e. The Kier molecular flexibility index (Phi) is 4.70. The summed E-state index contributed by atoms with van der Waals surface area (Å²) in [6, 6.07) is 4.00. The molecule has 0 spiro atoms. The van der Waals surface area contributed by atoms with Crippen molar-refractivity contribution >= 4 is 17.6 Å². The highest BCUT2D eigenvalue weighted by molar-refractivity contribution is 5.99. The fourth-order valence-electron chi connectivity index (χ4n) is 1.82. The van der Waals surface area contributed by atoms with E-state index in [0.29, 0.717) is 0 Å². The summed E-state index contributed by atoms with van der Waals surface area (Å²) in [6.07, 6.45) is -0.182. The molecule has 0 saturated heterocycles. The Morgan fingerprint density at radius 3 is 2.45 bits per heavy atom. The first-order valence-electron chi connectivity index (χ1n) is 6.22. The summed E-state index contributed by atoms with van der Waals surface area (Å²) in [4.78, 5) is 24.5. The highest BCUT2D eigenvalue weighted by Crippen LogP contribution is 2.22. The first-order chi connectivity index (χ1) is 9.14. The number of rotatable bonds is 4. The molecule has 6 heteroatoms. The number of nitrogen functional groups attached to an aromatic ring is 1. The molecule has 0 heterocycles. The Morgan fingerprint density at radius 1 is 1.35 bits per heavy atom. The molecular formula is C14H19FN2O3. The van der Waals surface area contributed by atoms with Gasteiger partial charge in [-0.15, -0.1) is 0 Å². The van der Waals surface area contributed by atoms with E-state index < -0.39 is 23.2 Å². The molecule has 1 rings (SSSR count). The second kappa shape index (κ2) is 5.90. The van der Waals surface area contributed by atoms with Crippen molar-refractivity contribution in [3.63, 3.8) is 0 Å². The van der Waals surface area contributed by atoms with Crippen molar-refractivity contribution in [3.8, 4) is 0 Å². The van der Waals surface area contributed by atoms with Gasteiger partial charge in [0.2, 0.25) is 0 Å². The highest BCUT2D eigenvalue weighted by atomic mass is 19.1. The van der Waals surface area contributed by atoms with E-state index in [-0.39, 0.29) is 24.2 Å². The number of anilines is 1. The summed E-state index contributed by atoms with van der Waals surface area (Å²) < 4.78 is 13.4. The van der Waals surface area contributed by atoms with Gasteiger partial charge in [-0.25, -0.2) is 4.39 Å². The van der Waals surface area contributed by atoms with Crippen molar-refractivity contribution < 1.29 is 19.1 Å². The Balaban J connectivity index is 3.10. The Labute approximate surface area is 117 Å². The zero-order valence-corrected chi connectivity index (χ0v) is 11.8. The number of benzene rings is 1. The molecule has 110 valence electrons. The minimum Gasteiger partial charge on any atom is -0.481 e. The van der Waals surface area contributed by atoms with Crippen LogP contribution in [-0.4, -0.2) is 34.0 Å². The quantitative estimate of drug-likeness (QED) is 0.829. The van der Waals surface area contributed by atoms with E-state index in [1.165, 1.54) is 23.1 Å². The highest BCUT2D eigenvalue weighted by Gasteiger charge is 2.29. The molecule has 3 N–H and O–H groups in total. The maximum Gasteiger partial charge on any atom is 0.305 e. The Hall–Kier alpha value is -2.11. The number of hydrogen-bond donors (Lipinski definition) is 2. The molecule has 0 unspecified atom stereocenters. The van der Waals surface area contributed by atoms with Crippen LogP contribution in [0.2, 0.25) is 0 Å². The lowest BCUT2D eigenvalue weighted by Gasteiger charge is -2.35. The second-order valence-corrected chi connectivity index (χ2v) is 5.47. The van der Waals surface area contributed by atoms with Crippen LogP contribution in [0.1, 0.15) is 37.6 Å². The van der Waals surface area contributed by atoms with E-state index in [2.05, 4.69) is 0 Å². The van der Waals surface area contributed by atoms with Crippen molar-refractivity contribution in [2.24, 2.45) is 0 Å². The lowest BCUT2D eigenvalue weighted by Crippen LogP contribution is -2.46. The van der Waals surface area contributed by atoms with Crippen molar-refractivity contribution in [2.45, 2.75) is 32.7 Å². The molecule has 0 fully saturated rings. The van der Waals surface area contributed by atoms with Crippen LogP contribution in [0.4, 0.5) is 10.1 Å². The van der Waals surface area contributed by atoms with E-state index in [1.807, 2.05) is 0 Å². The summed E-state index contributed by atoms with van der Waals surface area (Å²) in [5.74, 6) is -2.14. The van der Waals surface area contributed by atoms with Crippen molar-refractivity contribution in [3.05, 3.63) is 29.6 Å². The number of nitrogens with zero attached hydrogens (tertiary/aromatic N) is 1. The van der Waals surface area contributed by atoms with Crippen LogP contribution < -0.4 is 5.73 Å². The van der Waals surface area contributed by atoms with Gasteiger partial charge in [-0.05, 0) is 32.9 Å². The minimum atomic E-state index is -1.00. The molecule has 0 saturated carbocycles. The van der Waals surface area contributed by atoms with Gasteiger partial charge in [-0.2, -0.15) is 0 Å². The molecule has 1 aromatic rings. The molecule has 0 bridgehead atoms. The summed E-state index contributed by atoms with van der Waals surface area (Å²) in [5, 5.41) is 8.76. The number of carbonyl (C=O) groups is 2. The number of hydrogen-bond acceptors (Lipinski definition) is 3. The van der Waals surface area contributed by atoms with Gasteiger partial charge in [-0.3, -0.25) is 9.59 Å². The predicted octanol–water partition coefficient (Wildman–Crippen LogP) is 2.12. The first kappa shape index (κ1) is 15.9. The van der Waals surface area contributed by atoms with Crippen molar-refractivity contribution in [2.75, 3.05) is 12.3 Å². The first-order valence-corrected chi connectivity index (χ1v) is 6.22. The SMILES string of the molecule is CC(C)(C)N(CCC(=O)O)C(=O)c1cccc(F)c1N. The fourth-order valence-corrected chi connectivity index (χ4v) is 1.82. The number of carboxylic acid groups (broad SMARTS) is 1. The van der Waals surface area contributed by atoms with Gasteiger partial charge in [-0.1, -0.05) is 6.07 Å².